The Bertz CT molecular complexity index is 4220. The van der Waals surface area contributed by atoms with Gasteiger partial charge in [0.05, 0.1) is 32.0 Å². The van der Waals surface area contributed by atoms with Crippen molar-refractivity contribution in [1.29, 1.82) is 0 Å². The summed E-state index contributed by atoms with van der Waals surface area (Å²) in [6, 6.07) is 11.5. The van der Waals surface area contributed by atoms with E-state index in [1.807, 2.05) is 13.8 Å². The number of nitrogens with two attached hydrogens (primary N) is 6. The molecular weight excluding hydrogens is 1480 g/mol. The van der Waals surface area contributed by atoms with E-state index in [9.17, 15) is 82.1 Å². The molecule has 0 spiro atoms. The van der Waals surface area contributed by atoms with Gasteiger partial charge in [-0.05, 0) is 97.7 Å². The van der Waals surface area contributed by atoms with Crippen molar-refractivity contribution in [2.24, 2.45) is 51.2 Å². The number of nitrogens with one attached hydrogen (secondary N) is 12. The van der Waals surface area contributed by atoms with Gasteiger partial charge in [0, 0.05) is 55.9 Å². The molecule has 2 heterocycles. The molecule has 0 bridgehead atoms. The molecular formula is C77H106N20O17. The number of aliphatic hydroxyl groups is 1. The van der Waals surface area contributed by atoms with Crippen molar-refractivity contribution in [3.05, 3.63) is 138 Å². The average molecular weight is 1580 g/mol. The highest BCUT2D eigenvalue weighted by molar-refractivity contribution is 6.01. The van der Waals surface area contributed by atoms with Crippen LogP contribution in [0.4, 0.5) is 0 Å². The molecule has 26 N–H and O–H groups in total. The predicted molar refractivity (Wildman–Crippen MR) is 418 cm³/mol. The van der Waals surface area contributed by atoms with E-state index >= 15 is 0 Å². The van der Waals surface area contributed by atoms with Crippen molar-refractivity contribution in [1.82, 2.24) is 68.4 Å². The third kappa shape index (κ3) is 29.3. The summed E-state index contributed by atoms with van der Waals surface area (Å²) in [6.45, 7) is 6.89. The van der Waals surface area contributed by atoms with Crippen molar-refractivity contribution in [2.75, 3.05) is 26.2 Å². The number of aromatic amines is 1. The third-order valence-corrected chi connectivity index (χ3v) is 18.5. The second kappa shape index (κ2) is 44.5. The maximum absolute atomic E-state index is 14.7. The summed E-state index contributed by atoms with van der Waals surface area (Å²) in [6.07, 6.45) is 0.0422. The first-order valence-corrected chi connectivity index (χ1v) is 37.4. The van der Waals surface area contributed by atoms with Gasteiger partial charge >= 0.3 is 0 Å². The van der Waals surface area contributed by atoms with Crippen LogP contribution in [0.5, 0.6) is 5.75 Å². The van der Waals surface area contributed by atoms with Gasteiger partial charge in [0.25, 0.3) is 0 Å². The second-order valence-corrected chi connectivity index (χ2v) is 28.8. The third-order valence-electron chi connectivity index (χ3n) is 18.5. The van der Waals surface area contributed by atoms with E-state index < -0.39 is 194 Å². The molecule has 1 aliphatic rings. The van der Waals surface area contributed by atoms with Crippen LogP contribution in [0.15, 0.2) is 120 Å². The summed E-state index contributed by atoms with van der Waals surface area (Å²) in [5, 5.41) is 48.9. The number of aromatic nitrogens is 1. The molecule has 5 aromatic rings. The molecule has 0 radical (unpaired) electrons. The number of hydrogen-bond donors (Lipinski definition) is 20. The molecule has 114 heavy (non-hydrogen) atoms. The monoisotopic (exact) mass is 1580 g/mol. The highest BCUT2D eigenvalue weighted by Crippen LogP contribution is 2.23. The van der Waals surface area contributed by atoms with Crippen LogP contribution in [0.25, 0.3) is 10.9 Å². The molecule has 1 saturated heterocycles. The number of carbonyl (C=O) groups excluding carboxylic acids is 15. The van der Waals surface area contributed by atoms with Crippen molar-refractivity contribution < 1.29 is 82.1 Å². The number of benzene rings is 4. The Kier molecular flexibility index (Phi) is 35.3. The van der Waals surface area contributed by atoms with Crippen LogP contribution >= 0.6 is 0 Å². The zero-order valence-corrected chi connectivity index (χ0v) is 64.2. The number of phenols is 1. The molecule has 616 valence electrons. The highest BCUT2D eigenvalue weighted by atomic mass is 16.3. The number of aliphatic hydroxyl groups excluding tert-OH is 1. The maximum atomic E-state index is 14.7. The molecule has 1 aliphatic heterocycles. The van der Waals surface area contributed by atoms with Crippen LogP contribution < -0.4 is 92.9 Å². The molecule has 1 fully saturated rings. The van der Waals surface area contributed by atoms with Crippen molar-refractivity contribution >= 4 is 105 Å². The Hall–Kier alpha value is -12.5. The molecule has 0 saturated carbocycles. The van der Waals surface area contributed by atoms with Crippen molar-refractivity contribution in [3.63, 3.8) is 0 Å². The topological polar surface area (TPSA) is 616 Å². The zero-order valence-electron chi connectivity index (χ0n) is 64.2. The van der Waals surface area contributed by atoms with Gasteiger partial charge in [0.1, 0.15) is 72.2 Å². The first kappa shape index (κ1) is 90.3. The summed E-state index contributed by atoms with van der Waals surface area (Å²) >= 11 is 0. The number of hydrogen-bond acceptors (Lipinski definition) is 19. The molecule has 0 aliphatic carbocycles. The number of aliphatic imine (C=N–C) groups is 1. The normalized spacial score (nSPS) is 15.4. The molecule has 15 amide bonds. The fourth-order valence-corrected chi connectivity index (χ4v) is 12.7. The van der Waals surface area contributed by atoms with Crippen LogP contribution in [-0.4, -0.2) is 213 Å². The lowest BCUT2D eigenvalue weighted by molar-refractivity contribution is -0.141. The number of likely N-dealkylation sites (tertiary alicyclic amines) is 1. The van der Waals surface area contributed by atoms with E-state index in [0.29, 0.717) is 46.0 Å². The number of amides is 15. The first-order chi connectivity index (χ1) is 54.1. The Morgan fingerprint density at radius 2 is 0.965 bits per heavy atom. The number of phenolic OH excluding ortho intramolecular Hbond substituents is 1. The van der Waals surface area contributed by atoms with Crippen LogP contribution in [0.2, 0.25) is 0 Å². The largest absolute Gasteiger partial charge is 0.508 e. The number of H-pyrrole nitrogens is 1. The Morgan fingerprint density at radius 1 is 0.500 bits per heavy atom. The Balaban J connectivity index is 1.16. The minimum absolute atomic E-state index is 0.0279. The number of fused-ring (bicyclic) bond motifs is 1. The van der Waals surface area contributed by atoms with Crippen LogP contribution in [-0.2, 0) is 97.6 Å². The fourth-order valence-electron chi connectivity index (χ4n) is 12.7. The minimum Gasteiger partial charge on any atom is -0.508 e. The molecule has 37 heteroatoms. The number of rotatable bonds is 45. The van der Waals surface area contributed by atoms with Crippen LogP contribution in [0.3, 0.4) is 0 Å². The number of nitrogens with zero attached hydrogens (tertiary/aromatic N) is 2. The first-order valence-electron chi connectivity index (χ1n) is 37.4. The van der Waals surface area contributed by atoms with E-state index in [0.717, 1.165) is 0 Å². The SMILES string of the molecule is CC(C)C[C@H](NC(=O)CNC(=O)[C@H](Cc1ccccc1)NC(=O)[C@H](CO)NC(=O)[C@H](C)NC(=O)[C@H](Cc1c[nH]c2ccccc12)NC(=O)[C@H](CC(N)=O)NC(=O)[C@H](Cc1ccc(O)cc1)NC(=O)[C@H](CC(N)=O)NC(=O)[C@@H]1CCCN1C(=O)[C@@H](N)CC(C)C)C(=O)N[C@@H](CCCN=C(N)N)C(=O)N[C@@H](Cc1ccccc1)C(N)=O. The lowest BCUT2D eigenvalue weighted by atomic mass is 10.0. The lowest BCUT2D eigenvalue weighted by Gasteiger charge is -2.29. The summed E-state index contributed by atoms with van der Waals surface area (Å²) in [5.74, 6) is -15.0. The average Bonchev–Trinajstić information content (AvgIpc) is 1.61. The Morgan fingerprint density at radius 3 is 1.53 bits per heavy atom. The smallest absolute Gasteiger partial charge is 0.245 e. The number of guanidine groups is 1. The van der Waals surface area contributed by atoms with Gasteiger partial charge in [-0.3, -0.25) is 76.9 Å². The van der Waals surface area contributed by atoms with Crippen LogP contribution in [0, 0.1) is 11.8 Å². The lowest BCUT2D eigenvalue weighted by Crippen LogP contribution is -2.61. The molecule has 6 rings (SSSR count). The zero-order chi connectivity index (χ0) is 83.9. The quantitative estimate of drug-likeness (QED) is 0.00999. The van der Waals surface area contributed by atoms with E-state index in [4.69, 9.17) is 34.4 Å². The van der Waals surface area contributed by atoms with E-state index in [-0.39, 0.29) is 81.6 Å². The van der Waals surface area contributed by atoms with Gasteiger partial charge in [-0.25, -0.2) is 0 Å². The minimum atomic E-state index is -1.92. The van der Waals surface area contributed by atoms with Crippen LogP contribution in [0.1, 0.15) is 108 Å². The summed E-state index contributed by atoms with van der Waals surface area (Å²) in [5.41, 5.74) is 36.7. The standard InChI is InChI=1S/C77H106N20O17/c1-41(2)30-50(78)76(114)97-29-15-23-61(97)75(113)95-59(37-63(80)101)73(111)92-56(34-46-24-26-48(99)27-25-46)71(109)94-58(36-62(79)100)72(110)93-57(35-47-38-85-51-21-13-12-20-49(47)51)69(107)87-43(5)66(104)96-60(40-98)74(112)91-55(33-45-18-10-7-11-19-45)67(105)86-39-64(102)88-54(31-42(3)4)70(108)89-52(22-14-28-84-77(82)83)68(106)90-53(65(81)103)32-44-16-8-6-9-17-44/h6-13,16-21,24-27,38,41-43,50,52-61,85,98-99H,14-15,22-23,28-37,39-40,78H2,1-5H3,(H2,79,100)(H2,80,101)(H2,81,103)(H,86,105)(H,87,107)(H,88,102)(H,89,108)(H,90,106)(H,91,112)(H,92,111)(H,93,110)(H,94,109)(H,95,113)(H,96,104)(H4,82,83,84)/t43-,50-,52-,53-,54-,55-,56-,57-,58-,59-,60-,61-/m0/s1. The van der Waals surface area contributed by atoms with Gasteiger partial charge < -0.3 is 113 Å². The predicted octanol–water partition coefficient (Wildman–Crippen LogP) is -4.18. The fraction of sp³-hybridized carbons (Fsp3) is 0.455. The van der Waals surface area contributed by atoms with Gasteiger partial charge in [-0.1, -0.05) is 119 Å². The Labute approximate surface area is 658 Å². The summed E-state index contributed by atoms with van der Waals surface area (Å²) in [7, 11) is 0. The summed E-state index contributed by atoms with van der Waals surface area (Å²) in [4.78, 5) is 216. The van der Waals surface area contributed by atoms with E-state index in [2.05, 4.69) is 68.5 Å². The molecule has 0 unspecified atom stereocenters. The van der Waals surface area contributed by atoms with Crippen molar-refractivity contribution in [2.45, 2.75) is 184 Å². The summed E-state index contributed by atoms with van der Waals surface area (Å²) < 4.78 is 0. The van der Waals surface area contributed by atoms with Gasteiger partial charge in [-0.2, -0.15) is 0 Å². The molecule has 12 atom stereocenters. The van der Waals surface area contributed by atoms with Gasteiger partial charge in [0.2, 0.25) is 88.6 Å². The molecule has 1 aromatic heterocycles. The van der Waals surface area contributed by atoms with Gasteiger partial charge in [0.15, 0.2) is 5.96 Å². The highest BCUT2D eigenvalue weighted by Gasteiger charge is 2.40. The molecule has 37 nitrogen and oxygen atoms in total. The number of primary amides is 3. The van der Waals surface area contributed by atoms with E-state index in [1.165, 1.54) is 36.1 Å². The second-order valence-electron chi connectivity index (χ2n) is 28.8. The molecule has 4 aromatic carbocycles. The number of aromatic hydroxyl groups is 1. The number of carbonyl (C=O) groups is 15. The maximum Gasteiger partial charge on any atom is 0.245 e. The van der Waals surface area contributed by atoms with Gasteiger partial charge in [-0.15, -0.1) is 0 Å². The van der Waals surface area contributed by atoms with E-state index in [1.54, 1.807) is 105 Å². The number of para-hydroxylation sites is 1. The van der Waals surface area contributed by atoms with Crippen molar-refractivity contribution in [3.8, 4) is 5.75 Å².